The van der Waals surface area contributed by atoms with E-state index < -0.39 is 16.0 Å². The summed E-state index contributed by atoms with van der Waals surface area (Å²) in [6, 6.07) is 1.27. The topological polar surface area (TPSA) is 77.9 Å². The lowest BCUT2D eigenvalue weighted by Gasteiger charge is -2.28. The zero-order valence-electron chi connectivity index (χ0n) is 14.4. The molecular weight excluding hydrogens is 360 g/mol. The molecule has 1 N–H and O–H groups in total. The third-order valence-corrected chi connectivity index (χ3v) is 8.52. The van der Waals surface area contributed by atoms with Crippen molar-refractivity contribution >= 4 is 27.3 Å². The maximum Gasteiger partial charge on any atom is 0.336 e. The number of aromatic carboxylic acids is 1. The highest BCUT2D eigenvalue weighted by Gasteiger charge is 2.29. The van der Waals surface area contributed by atoms with E-state index >= 15 is 0 Å². The Morgan fingerprint density at radius 1 is 1.12 bits per heavy atom. The number of thiophene rings is 1. The minimum Gasteiger partial charge on any atom is -0.478 e. The minimum atomic E-state index is -3.59. The van der Waals surface area contributed by atoms with Gasteiger partial charge >= 0.3 is 5.97 Å². The molecule has 1 aromatic rings. The maximum atomic E-state index is 12.8. The lowest BCUT2D eigenvalue weighted by Crippen LogP contribution is -2.36. The molecule has 1 saturated carbocycles. The number of rotatable bonds is 5. The lowest BCUT2D eigenvalue weighted by atomic mass is 9.89. The van der Waals surface area contributed by atoms with Gasteiger partial charge in [-0.15, -0.1) is 11.3 Å². The molecular formula is C17H26N2O4S2. The van der Waals surface area contributed by atoms with Gasteiger partial charge in [0.05, 0.1) is 5.56 Å². The first-order chi connectivity index (χ1) is 12.0. The Morgan fingerprint density at radius 2 is 1.88 bits per heavy atom. The highest BCUT2D eigenvalue weighted by Crippen LogP contribution is 2.27. The van der Waals surface area contributed by atoms with Crippen molar-refractivity contribution in [1.29, 1.82) is 0 Å². The molecule has 1 saturated heterocycles. The number of hydrogen-bond acceptors (Lipinski definition) is 5. The molecule has 0 amide bonds. The van der Waals surface area contributed by atoms with E-state index in [1.807, 2.05) is 0 Å². The average Bonchev–Trinajstić information content (AvgIpc) is 2.98. The molecule has 0 atom stereocenters. The molecule has 1 aliphatic heterocycles. The van der Waals surface area contributed by atoms with E-state index in [2.05, 4.69) is 4.90 Å². The molecule has 0 bridgehead atoms. The first-order valence-electron chi connectivity index (χ1n) is 9.01. The molecule has 1 aliphatic carbocycles. The molecule has 2 heterocycles. The van der Waals surface area contributed by atoms with Crippen LogP contribution in [-0.4, -0.2) is 61.4 Å². The number of carboxylic acids is 1. The molecule has 0 spiro atoms. The summed E-state index contributed by atoms with van der Waals surface area (Å²) in [6.07, 6.45) is 7.41. The number of carbonyl (C=O) groups is 1. The predicted octanol–water partition coefficient (Wildman–Crippen LogP) is 2.72. The van der Waals surface area contributed by atoms with Gasteiger partial charge in [0.25, 0.3) is 10.0 Å². The third-order valence-electron chi connectivity index (χ3n) is 5.21. The van der Waals surface area contributed by atoms with E-state index in [1.54, 1.807) is 0 Å². The van der Waals surface area contributed by atoms with Crippen molar-refractivity contribution in [3.8, 4) is 0 Å². The molecule has 140 valence electrons. The third kappa shape index (κ3) is 4.61. The van der Waals surface area contributed by atoms with Gasteiger partial charge in [-0.1, -0.05) is 19.3 Å². The van der Waals surface area contributed by atoms with Gasteiger partial charge in [-0.25, -0.2) is 13.2 Å². The molecule has 25 heavy (non-hydrogen) atoms. The van der Waals surface area contributed by atoms with Gasteiger partial charge in [0.1, 0.15) is 4.21 Å². The molecule has 1 aromatic heterocycles. The summed E-state index contributed by atoms with van der Waals surface area (Å²) in [5, 5.41) is 10.4. The van der Waals surface area contributed by atoms with Crippen LogP contribution in [0.2, 0.25) is 0 Å². The monoisotopic (exact) mass is 386 g/mol. The van der Waals surface area contributed by atoms with Crippen LogP contribution in [0.1, 0.15) is 48.9 Å². The maximum absolute atomic E-state index is 12.8. The van der Waals surface area contributed by atoms with E-state index in [9.17, 15) is 13.2 Å². The Balaban J connectivity index is 1.62. The van der Waals surface area contributed by atoms with Gasteiger partial charge in [-0.3, -0.25) is 0 Å². The predicted molar refractivity (Wildman–Crippen MR) is 97.7 cm³/mol. The van der Waals surface area contributed by atoms with Gasteiger partial charge in [0.2, 0.25) is 0 Å². The van der Waals surface area contributed by atoms with Crippen molar-refractivity contribution in [2.24, 2.45) is 5.92 Å². The second-order valence-corrected chi connectivity index (χ2v) is 10.1. The molecule has 0 aromatic carbocycles. The van der Waals surface area contributed by atoms with Gasteiger partial charge in [0.15, 0.2) is 0 Å². The Morgan fingerprint density at radius 3 is 2.56 bits per heavy atom. The minimum absolute atomic E-state index is 0.0392. The Bertz CT molecular complexity index is 695. The number of carboxylic acid groups (broad SMARTS) is 1. The summed E-state index contributed by atoms with van der Waals surface area (Å²) in [5.74, 6) is -0.334. The largest absolute Gasteiger partial charge is 0.478 e. The fourth-order valence-corrected chi connectivity index (χ4v) is 6.57. The molecule has 0 unspecified atom stereocenters. The fraction of sp³-hybridized carbons (Fsp3) is 0.706. The summed E-state index contributed by atoms with van der Waals surface area (Å²) < 4.78 is 27.2. The number of nitrogens with zero attached hydrogens (tertiary/aromatic N) is 2. The van der Waals surface area contributed by atoms with Crippen molar-refractivity contribution < 1.29 is 18.3 Å². The van der Waals surface area contributed by atoms with Crippen LogP contribution in [0.25, 0.3) is 0 Å². The quantitative estimate of drug-likeness (QED) is 0.842. The SMILES string of the molecule is O=C(O)c1csc(S(=O)(=O)N2CCCN(CC3CCCCC3)CC2)c1. The average molecular weight is 387 g/mol. The van der Waals surface area contributed by atoms with Crippen LogP contribution in [0, 0.1) is 5.92 Å². The highest BCUT2D eigenvalue weighted by molar-refractivity contribution is 7.91. The molecule has 3 rings (SSSR count). The van der Waals surface area contributed by atoms with E-state index in [0.29, 0.717) is 13.1 Å². The van der Waals surface area contributed by atoms with Crippen LogP contribution in [-0.2, 0) is 10.0 Å². The fourth-order valence-electron chi connectivity index (χ4n) is 3.80. The van der Waals surface area contributed by atoms with E-state index in [1.165, 1.54) is 47.9 Å². The normalized spacial score (nSPS) is 21.9. The van der Waals surface area contributed by atoms with Crippen LogP contribution >= 0.6 is 11.3 Å². The van der Waals surface area contributed by atoms with Crippen molar-refractivity contribution in [1.82, 2.24) is 9.21 Å². The zero-order valence-corrected chi connectivity index (χ0v) is 16.0. The van der Waals surface area contributed by atoms with Gasteiger partial charge in [-0.05, 0) is 37.8 Å². The van der Waals surface area contributed by atoms with Gasteiger partial charge < -0.3 is 10.0 Å². The molecule has 2 aliphatic rings. The Kier molecular flexibility index (Phi) is 6.14. The Labute approximate surface area is 153 Å². The van der Waals surface area contributed by atoms with E-state index in [0.717, 1.165) is 43.3 Å². The zero-order chi connectivity index (χ0) is 17.9. The van der Waals surface area contributed by atoms with Crippen LogP contribution < -0.4 is 0 Å². The van der Waals surface area contributed by atoms with Crippen LogP contribution in [0.4, 0.5) is 0 Å². The lowest BCUT2D eigenvalue weighted by molar-refractivity contribution is 0.0697. The summed E-state index contributed by atoms with van der Waals surface area (Å²) >= 11 is 0.990. The summed E-state index contributed by atoms with van der Waals surface area (Å²) in [6.45, 7) is 3.76. The smallest absolute Gasteiger partial charge is 0.336 e. The molecule has 8 heteroatoms. The van der Waals surface area contributed by atoms with Crippen molar-refractivity contribution in [3.63, 3.8) is 0 Å². The first kappa shape index (κ1) is 18.8. The van der Waals surface area contributed by atoms with Crippen molar-refractivity contribution in [2.75, 3.05) is 32.7 Å². The molecule has 6 nitrogen and oxygen atoms in total. The highest BCUT2D eigenvalue weighted by atomic mass is 32.2. The van der Waals surface area contributed by atoms with Crippen LogP contribution in [0.15, 0.2) is 15.7 Å². The number of hydrogen-bond donors (Lipinski definition) is 1. The van der Waals surface area contributed by atoms with Crippen molar-refractivity contribution in [3.05, 3.63) is 17.0 Å². The standard InChI is InChI=1S/C17H26N2O4S2/c20-17(21)15-11-16(24-13-15)25(22,23)19-8-4-7-18(9-10-19)12-14-5-2-1-3-6-14/h11,13-14H,1-10,12H2,(H,20,21). The van der Waals surface area contributed by atoms with Crippen molar-refractivity contribution in [2.45, 2.75) is 42.7 Å². The van der Waals surface area contributed by atoms with E-state index in [4.69, 9.17) is 5.11 Å². The second kappa shape index (κ2) is 8.16. The summed E-state index contributed by atoms with van der Waals surface area (Å²) in [4.78, 5) is 13.4. The summed E-state index contributed by atoms with van der Waals surface area (Å²) in [7, 11) is -3.59. The van der Waals surface area contributed by atoms with Crippen LogP contribution in [0.3, 0.4) is 0 Å². The Hall–Kier alpha value is -0.960. The number of sulfonamides is 1. The van der Waals surface area contributed by atoms with Gasteiger partial charge in [0, 0.05) is 31.6 Å². The molecule has 0 radical (unpaired) electrons. The van der Waals surface area contributed by atoms with Crippen LogP contribution in [0.5, 0.6) is 0 Å². The second-order valence-electron chi connectivity index (χ2n) is 7.02. The first-order valence-corrected chi connectivity index (χ1v) is 11.3. The van der Waals surface area contributed by atoms with Gasteiger partial charge in [-0.2, -0.15) is 4.31 Å². The molecule has 2 fully saturated rings. The summed E-state index contributed by atoms with van der Waals surface area (Å²) in [5.41, 5.74) is 0.0392. The van der Waals surface area contributed by atoms with E-state index in [-0.39, 0.29) is 9.77 Å².